The van der Waals surface area contributed by atoms with Gasteiger partial charge in [-0.1, -0.05) is 31.9 Å². The van der Waals surface area contributed by atoms with Crippen molar-refractivity contribution in [1.29, 1.82) is 0 Å². The zero-order chi connectivity index (χ0) is 14.7. The summed E-state index contributed by atoms with van der Waals surface area (Å²) in [6, 6.07) is 0. The van der Waals surface area contributed by atoms with Crippen LogP contribution in [0, 0.1) is 0 Å². The highest BCUT2D eigenvalue weighted by Crippen LogP contribution is 2.10. The summed E-state index contributed by atoms with van der Waals surface area (Å²) in [5.74, 6) is -1.02. The molecule has 0 bridgehead atoms. The summed E-state index contributed by atoms with van der Waals surface area (Å²) >= 11 is 0. The van der Waals surface area contributed by atoms with Gasteiger partial charge in [0.2, 0.25) is 0 Å². The van der Waals surface area contributed by atoms with E-state index in [1.165, 1.54) is 0 Å². The van der Waals surface area contributed by atoms with E-state index in [1.54, 1.807) is 0 Å². The Morgan fingerprint density at radius 3 is 2.42 bits per heavy atom. The van der Waals surface area contributed by atoms with E-state index in [4.69, 9.17) is 0 Å². The molecular formula is C15H29NO3. The van der Waals surface area contributed by atoms with Gasteiger partial charge in [0.05, 0.1) is 19.6 Å². The Kier molecular flexibility index (Phi) is 9.53. The molecule has 0 rings (SSSR count). The fourth-order valence-electron chi connectivity index (χ4n) is 2.25. The number of likely N-dealkylation sites (N-methyl/N-ethyl adjacent to an activating group) is 1. The molecule has 0 aliphatic heterocycles. The Labute approximate surface area is 117 Å². The molecule has 0 aliphatic rings. The Morgan fingerprint density at radius 1 is 1.32 bits per heavy atom. The number of aliphatic hydroxyl groups is 1. The van der Waals surface area contributed by atoms with E-state index in [-0.39, 0.29) is 6.42 Å². The molecule has 0 aromatic carbocycles. The second kappa shape index (κ2) is 9.98. The number of unbranched alkanes of at least 4 members (excludes halogenated alkanes) is 2. The zero-order valence-corrected chi connectivity index (χ0v) is 12.6. The van der Waals surface area contributed by atoms with Crippen molar-refractivity contribution in [1.82, 2.24) is 0 Å². The summed E-state index contributed by atoms with van der Waals surface area (Å²) in [7, 11) is 0. The van der Waals surface area contributed by atoms with Crippen LogP contribution < -0.4 is 5.11 Å². The van der Waals surface area contributed by atoms with Gasteiger partial charge in [-0.15, -0.1) is 0 Å². The van der Waals surface area contributed by atoms with Gasteiger partial charge in [-0.2, -0.15) is 0 Å². The van der Waals surface area contributed by atoms with E-state index in [2.05, 4.69) is 6.92 Å². The summed E-state index contributed by atoms with van der Waals surface area (Å²) in [6.45, 7) is 8.95. The number of carbonyl (C=O) groups excluding carboxylic acids is 1. The van der Waals surface area contributed by atoms with Gasteiger partial charge in [0, 0.05) is 12.4 Å². The van der Waals surface area contributed by atoms with Crippen LogP contribution in [0.25, 0.3) is 0 Å². The third kappa shape index (κ3) is 8.01. The molecule has 0 heterocycles. The number of carboxylic acids is 1. The lowest BCUT2D eigenvalue weighted by atomic mass is 10.2. The number of carboxylic acid groups (broad SMARTS) is 1. The van der Waals surface area contributed by atoms with Crippen LogP contribution in [0.5, 0.6) is 0 Å². The molecule has 0 saturated heterocycles. The lowest BCUT2D eigenvalue weighted by Gasteiger charge is -2.38. The molecule has 1 atom stereocenters. The second-order valence-electron chi connectivity index (χ2n) is 5.14. The first kappa shape index (κ1) is 18.1. The van der Waals surface area contributed by atoms with E-state index in [9.17, 15) is 15.0 Å². The monoisotopic (exact) mass is 271 g/mol. The highest BCUT2D eigenvalue weighted by Gasteiger charge is 2.25. The van der Waals surface area contributed by atoms with Gasteiger partial charge in [-0.3, -0.25) is 0 Å². The van der Waals surface area contributed by atoms with E-state index < -0.39 is 12.1 Å². The molecule has 0 aromatic rings. The fourth-order valence-corrected chi connectivity index (χ4v) is 2.25. The maximum absolute atomic E-state index is 10.6. The molecule has 4 nitrogen and oxygen atoms in total. The van der Waals surface area contributed by atoms with Crippen molar-refractivity contribution in [3.05, 3.63) is 12.2 Å². The minimum atomic E-state index is -1.02. The molecule has 0 saturated carbocycles. The normalized spacial score (nSPS) is 13.9. The van der Waals surface area contributed by atoms with Crippen molar-refractivity contribution in [2.75, 3.05) is 26.2 Å². The van der Waals surface area contributed by atoms with Crippen molar-refractivity contribution in [2.24, 2.45) is 0 Å². The quantitative estimate of drug-likeness (QED) is 0.348. The first-order chi connectivity index (χ1) is 8.99. The van der Waals surface area contributed by atoms with Gasteiger partial charge in [0.25, 0.3) is 0 Å². The molecule has 0 radical (unpaired) electrons. The van der Waals surface area contributed by atoms with Crippen LogP contribution in [0.15, 0.2) is 12.2 Å². The average molecular weight is 271 g/mol. The molecule has 0 fully saturated rings. The number of aliphatic carboxylic acids is 1. The predicted molar refractivity (Wildman–Crippen MR) is 75.4 cm³/mol. The molecule has 1 unspecified atom stereocenters. The number of aliphatic hydroxyl groups excluding tert-OH is 1. The van der Waals surface area contributed by atoms with Crippen LogP contribution >= 0.6 is 0 Å². The fraction of sp³-hybridized carbons (Fsp3) is 0.800. The predicted octanol–water partition coefficient (Wildman–Crippen LogP) is 1.09. The van der Waals surface area contributed by atoms with Gasteiger partial charge < -0.3 is 19.5 Å². The topological polar surface area (TPSA) is 60.4 Å². The number of carbonyl (C=O) groups is 1. The molecule has 19 heavy (non-hydrogen) atoms. The number of nitrogens with zero attached hydrogens (tertiary/aromatic N) is 1. The number of hydrogen-bond donors (Lipinski definition) is 1. The molecule has 0 spiro atoms. The second-order valence-corrected chi connectivity index (χ2v) is 5.14. The van der Waals surface area contributed by atoms with Crippen LogP contribution in [0.2, 0.25) is 0 Å². The Hall–Kier alpha value is -0.870. The lowest BCUT2D eigenvalue weighted by Crippen LogP contribution is -2.53. The number of allylic oxidation sites excluding steroid dienone is 1. The maximum atomic E-state index is 10.6. The highest BCUT2D eigenvalue weighted by atomic mass is 16.4. The van der Waals surface area contributed by atoms with Crippen molar-refractivity contribution in [3.63, 3.8) is 0 Å². The number of hydrogen-bond acceptors (Lipinski definition) is 3. The molecule has 4 heteroatoms. The maximum Gasteiger partial charge on any atom is 0.121 e. The van der Waals surface area contributed by atoms with Gasteiger partial charge in [-0.25, -0.2) is 0 Å². The van der Waals surface area contributed by atoms with Gasteiger partial charge in [-0.05, 0) is 20.3 Å². The standard InChI is InChI=1S/C15H29NO3/c1-4-7-8-9-10-14(17)13-16(5-2,6-3)12-11-15(18)19/h9-10,14,17H,4-8,11-13H2,1-3H3/b10-9+. The largest absolute Gasteiger partial charge is 0.550 e. The molecule has 0 amide bonds. The van der Waals surface area contributed by atoms with Crippen LogP contribution in [0.3, 0.4) is 0 Å². The Balaban J connectivity index is 4.38. The molecule has 0 aliphatic carbocycles. The summed E-state index contributed by atoms with van der Waals surface area (Å²) in [4.78, 5) is 10.6. The minimum Gasteiger partial charge on any atom is -0.550 e. The first-order valence-electron chi connectivity index (χ1n) is 7.39. The zero-order valence-electron chi connectivity index (χ0n) is 12.6. The van der Waals surface area contributed by atoms with Crippen molar-refractivity contribution < 1.29 is 19.5 Å². The average Bonchev–Trinajstić information content (AvgIpc) is 2.39. The SMILES string of the molecule is CCCC/C=C/C(O)C[N+](CC)(CC)CCC(=O)[O-]. The van der Waals surface area contributed by atoms with E-state index in [0.717, 1.165) is 32.4 Å². The van der Waals surface area contributed by atoms with Crippen molar-refractivity contribution in [3.8, 4) is 0 Å². The summed E-state index contributed by atoms with van der Waals surface area (Å²) in [5.41, 5.74) is 0. The number of quaternary nitrogens is 1. The number of rotatable bonds is 11. The summed E-state index contributed by atoms with van der Waals surface area (Å²) in [6.07, 6.45) is 6.68. The summed E-state index contributed by atoms with van der Waals surface area (Å²) < 4.78 is 0.618. The first-order valence-corrected chi connectivity index (χ1v) is 7.39. The molecule has 1 N–H and O–H groups in total. The van der Waals surface area contributed by atoms with Gasteiger partial charge in [0.1, 0.15) is 12.6 Å². The van der Waals surface area contributed by atoms with Crippen molar-refractivity contribution >= 4 is 5.97 Å². The third-order valence-corrected chi connectivity index (χ3v) is 3.79. The van der Waals surface area contributed by atoms with E-state index in [0.29, 0.717) is 17.6 Å². The van der Waals surface area contributed by atoms with Crippen LogP contribution in [-0.2, 0) is 4.79 Å². The van der Waals surface area contributed by atoms with E-state index >= 15 is 0 Å². The highest BCUT2D eigenvalue weighted by molar-refractivity contribution is 5.64. The Morgan fingerprint density at radius 2 is 1.95 bits per heavy atom. The molecular weight excluding hydrogens is 242 g/mol. The summed E-state index contributed by atoms with van der Waals surface area (Å²) in [5, 5.41) is 20.7. The van der Waals surface area contributed by atoms with Gasteiger partial charge >= 0.3 is 0 Å². The van der Waals surface area contributed by atoms with E-state index in [1.807, 2.05) is 26.0 Å². The third-order valence-electron chi connectivity index (χ3n) is 3.79. The molecule has 0 aromatic heterocycles. The minimum absolute atomic E-state index is 0.0496. The smallest absolute Gasteiger partial charge is 0.121 e. The van der Waals surface area contributed by atoms with Crippen LogP contribution in [0.4, 0.5) is 0 Å². The van der Waals surface area contributed by atoms with Crippen molar-refractivity contribution in [2.45, 2.75) is 52.6 Å². The Bertz CT molecular complexity index is 273. The lowest BCUT2D eigenvalue weighted by molar-refractivity contribution is -0.926. The van der Waals surface area contributed by atoms with Gasteiger partial charge in [0.15, 0.2) is 0 Å². The van der Waals surface area contributed by atoms with Crippen LogP contribution in [0.1, 0.15) is 46.5 Å². The molecule has 112 valence electrons. The van der Waals surface area contributed by atoms with Crippen LogP contribution in [-0.4, -0.2) is 47.8 Å².